The normalized spacial score (nSPS) is 10.4. The molecular formula is C12H16N4O2S. The molecule has 102 valence electrons. The Morgan fingerprint density at radius 1 is 1.37 bits per heavy atom. The second-order valence-electron chi connectivity index (χ2n) is 3.69. The number of hydrogen-bond donors (Lipinski definition) is 1. The zero-order valence-electron chi connectivity index (χ0n) is 10.9. The molecule has 0 radical (unpaired) electrons. The SMILES string of the molecule is CCCOc1nc(NC)nc(SCc2ccco2)n1. The number of aromatic nitrogens is 3. The summed E-state index contributed by atoms with van der Waals surface area (Å²) in [6.07, 6.45) is 2.56. The molecule has 0 bridgehead atoms. The molecule has 0 saturated carbocycles. The van der Waals surface area contributed by atoms with E-state index in [1.54, 1.807) is 13.3 Å². The van der Waals surface area contributed by atoms with Crippen LogP contribution in [0.25, 0.3) is 0 Å². The number of anilines is 1. The van der Waals surface area contributed by atoms with Crippen LogP contribution in [0.5, 0.6) is 6.01 Å². The molecule has 0 aliphatic heterocycles. The van der Waals surface area contributed by atoms with Crippen molar-refractivity contribution in [3.05, 3.63) is 24.2 Å². The molecule has 0 aliphatic rings. The average Bonchev–Trinajstić information content (AvgIpc) is 2.96. The van der Waals surface area contributed by atoms with Crippen molar-refractivity contribution in [3.63, 3.8) is 0 Å². The Bertz CT molecular complexity index is 504. The van der Waals surface area contributed by atoms with Gasteiger partial charge in [0.2, 0.25) is 5.95 Å². The molecule has 2 rings (SSSR count). The van der Waals surface area contributed by atoms with Crippen molar-refractivity contribution in [1.29, 1.82) is 0 Å². The van der Waals surface area contributed by atoms with Crippen molar-refractivity contribution in [3.8, 4) is 6.01 Å². The van der Waals surface area contributed by atoms with E-state index in [4.69, 9.17) is 9.15 Å². The molecule has 19 heavy (non-hydrogen) atoms. The number of rotatable bonds is 7. The maximum absolute atomic E-state index is 5.44. The highest BCUT2D eigenvalue weighted by atomic mass is 32.2. The van der Waals surface area contributed by atoms with Gasteiger partial charge in [-0.25, -0.2) is 0 Å². The van der Waals surface area contributed by atoms with Gasteiger partial charge in [0, 0.05) is 7.05 Å². The molecule has 0 amide bonds. The number of nitrogens with zero attached hydrogens (tertiary/aromatic N) is 3. The van der Waals surface area contributed by atoms with E-state index in [-0.39, 0.29) is 0 Å². The first kappa shape index (κ1) is 13.7. The average molecular weight is 280 g/mol. The first-order chi connectivity index (χ1) is 9.31. The van der Waals surface area contributed by atoms with E-state index in [9.17, 15) is 0 Å². The zero-order valence-corrected chi connectivity index (χ0v) is 11.7. The Morgan fingerprint density at radius 3 is 2.95 bits per heavy atom. The molecule has 0 spiro atoms. The van der Waals surface area contributed by atoms with Crippen molar-refractivity contribution < 1.29 is 9.15 Å². The predicted molar refractivity (Wildman–Crippen MR) is 73.4 cm³/mol. The molecule has 2 aromatic heterocycles. The van der Waals surface area contributed by atoms with Crippen LogP contribution in [-0.2, 0) is 5.75 Å². The maximum atomic E-state index is 5.44. The Morgan fingerprint density at radius 2 is 2.26 bits per heavy atom. The molecule has 0 aromatic carbocycles. The molecular weight excluding hydrogens is 264 g/mol. The van der Waals surface area contributed by atoms with E-state index in [2.05, 4.69) is 20.3 Å². The third-order valence-electron chi connectivity index (χ3n) is 2.18. The Hall–Kier alpha value is -1.76. The maximum Gasteiger partial charge on any atom is 0.322 e. The van der Waals surface area contributed by atoms with Gasteiger partial charge in [0.1, 0.15) is 5.76 Å². The number of thioether (sulfide) groups is 1. The third-order valence-corrected chi connectivity index (χ3v) is 3.05. The molecule has 1 N–H and O–H groups in total. The summed E-state index contributed by atoms with van der Waals surface area (Å²) in [7, 11) is 1.76. The highest BCUT2D eigenvalue weighted by Gasteiger charge is 2.08. The third kappa shape index (κ3) is 4.13. The van der Waals surface area contributed by atoms with Gasteiger partial charge in [0.25, 0.3) is 0 Å². The van der Waals surface area contributed by atoms with E-state index in [0.29, 0.717) is 29.5 Å². The van der Waals surface area contributed by atoms with Gasteiger partial charge in [-0.1, -0.05) is 18.7 Å². The molecule has 6 nitrogen and oxygen atoms in total. The van der Waals surface area contributed by atoms with Gasteiger partial charge in [0.05, 0.1) is 18.6 Å². The minimum atomic E-state index is 0.350. The largest absolute Gasteiger partial charge is 0.468 e. The van der Waals surface area contributed by atoms with Crippen molar-refractivity contribution >= 4 is 17.7 Å². The molecule has 0 fully saturated rings. The molecule has 0 aliphatic carbocycles. The first-order valence-electron chi connectivity index (χ1n) is 6.03. The van der Waals surface area contributed by atoms with Crippen LogP contribution in [0.3, 0.4) is 0 Å². The molecule has 7 heteroatoms. The summed E-state index contributed by atoms with van der Waals surface area (Å²) in [6, 6.07) is 4.13. The van der Waals surface area contributed by atoms with Gasteiger partial charge in [-0.3, -0.25) is 0 Å². The second-order valence-corrected chi connectivity index (χ2v) is 4.63. The zero-order chi connectivity index (χ0) is 13.5. The van der Waals surface area contributed by atoms with Gasteiger partial charge in [-0.05, 0) is 18.6 Å². The van der Waals surface area contributed by atoms with Crippen LogP contribution in [0.1, 0.15) is 19.1 Å². The van der Waals surface area contributed by atoms with Crippen LogP contribution in [-0.4, -0.2) is 28.6 Å². The minimum Gasteiger partial charge on any atom is -0.468 e. The first-order valence-corrected chi connectivity index (χ1v) is 7.02. The van der Waals surface area contributed by atoms with Gasteiger partial charge in [-0.2, -0.15) is 15.0 Å². The lowest BCUT2D eigenvalue weighted by Crippen LogP contribution is -2.05. The van der Waals surface area contributed by atoms with E-state index in [1.165, 1.54) is 11.8 Å². The lowest BCUT2D eigenvalue weighted by atomic mass is 10.5. The van der Waals surface area contributed by atoms with Crippen LogP contribution < -0.4 is 10.1 Å². The summed E-state index contributed by atoms with van der Waals surface area (Å²) in [4.78, 5) is 12.7. The number of nitrogens with one attached hydrogen (secondary N) is 1. The Kier molecular flexibility index (Phi) is 5.02. The second kappa shape index (κ2) is 6.98. The number of hydrogen-bond acceptors (Lipinski definition) is 7. The van der Waals surface area contributed by atoms with Gasteiger partial charge >= 0.3 is 6.01 Å². The van der Waals surface area contributed by atoms with Crippen molar-refractivity contribution in [2.45, 2.75) is 24.3 Å². The van der Waals surface area contributed by atoms with Crippen LogP contribution in [0.15, 0.2) is 28.0 Å². The summed E-state index contributed by atoms with van der Waals surface area (Å²) in [5, 5.41) is 3.51. The van der Waals surface area contributed by atoms with E-state index in [1.807, 2.05) is 19.1 Å². The lowest BCUT2D eigenvalue weighted by Gasteiger charge is -2.06. The molecule has 0 unspecified atom stereocenters. The van der Waals surface area contributed by atoms with Crippen LogP contribution >= 0.6 is 11.8 Å². The number of furan rings is 1. The highest BCUT2D eigenvalue weighted by Crippen LogP contribution is 2.22. The Labute approximate surface area is 116 Å². The van der Waals surface area contributed by atoms with Crippen molar-refractivity contribution in [2.24, 2.45) is 0 Å². The summed E-state index contributed by atoms with van der Waals surface area (Å²) >= 11 is 1.48. The predicted octanol–water partition coefficient (Wildman–Crippen LogP) is 2.59. The van der Waals surface area contributed by atoms with Gasteiger partial charge in [0.15, 0.2) is 5.16 Å². The van der Waals surface area contributed by atoms with Crippen LogP contribution in [0.2, 0.25) is 0 Å². The molecule has 0 atom stereocenters. The summed E-state index contributed by atoms with van der Waals surface area (Å²) in [5.74, 6) is 2.06. The van der Waals surface area contributed by atoms with E-state index in [0.717, 1.165) is 12.2 Å². The van der Waals surface area contributed by atoms with E-state index < -0.39 is 0 Å². The fraction of sp³-hybridized carbons (Fsp3) is 0.417. The number of ether oxygens (including phenoxy) is 1. The summed E-state index contributed by atoms with van der Waals surface area (Å²) in [6.45, 7) is 2.63. The standard InChI is InChI=1S/C12H16N4O2S/c1-3-6-18-11-14-10(13-2)15-12(16-11)19-8-9-5-4-7-17-9/h4-5,7H,3,6,8H2,1-2H3,(H,13,14,15,16). The smallest absolute Gasteiger partial charge is 0.322 e. The van der Waals surface area contributed by atoms with E-state index >= 15 is 0 Å². The van der Waals surface area contributed by atoms with Crippen molar-refractivity contribution in [1.82, 2.24) is 15.0 Å². The van der Waals surface area contributed by atoms with Gasteiger partial charge < -0.3 is 14.5 Å². The monoisotopic (exact) mass is 280 g/mol. The summed E-state index contributed by atoms with van der Waals surface area (Å²) < 4.78 is 10.7. The fourth-order valence-corrected chi connectivity index (χ4v) is 2.03. The lowest BCUT2D eigenvalue weighted by molar-refractivity contribution is 0.288. The highest BCUT2D eigenvalue weighted by molar-refractivity contribution is 7.98. The molecule has 2 aromatic rings. The van der Waals surface area contributed by atoms with Crippen molar-refractivity contribution in [2.75, 3.05) is 19.0 Å². The topological polar surface area (TPSA) is 73.1 Å². The molecule has 2 heterocycles. The quantitative estimate of drug-likeness (QED) is 0.781. The minimum absolute atomic E-state index is 0.350. The fourth-order valence-electron chi connectivity index (χ4n) is 1.30. The summed E-state index contributed by atoms with van der Waals surface area (Å²) in [5.41, 5.74) is 0. The van der Waals surface area contributed by atoms with Crippen LogP contribution in [0, 0.1) is 0 Å². The Balaban J connectivity index is 2.05. The van der Waals surface area contributed by atoms with Gasteiger partial charge in [-0.15, -0.1) is 0 Å². The van der Waals surface area contributed by atoms with Crippen LogP contribution in [0.4, 0.5) is 5.95 Å². The molecule has 0 saturated heterocycles.